The zero-order chi connectivity index (χ0) is 19.1. The number of nitrogens with zero attached hydrogens (tertiary/aromatic N) is 2. The minimum atomic E-state index is 0.603. The predicted molar refractivity (Wildman–Crippen MR) is 112 cm³/mol. The zero-order valence-electron chi connectivity index (χ0n) is 16.5. The van der Waals surface area contributed by atoms with Crippen molar-refractivity contribution in [1.29, 1.82) is 0 Å². The average Bonchev–Trinajstić information content (AvgIpc) is 3.58. The van der Waals surface area contributed by atoms with E-state index in [-0.39, 0.29) is 0 Å². The van der Waals surface area contributed by atoms with E-state index in [1.54, 1.807) is 7.11 Å². The van der Waals surface area contributed by atoms with Crippen molar-refractivity contribution in [3.8, 4) is 22.6 Å². The number of pyridine rings is 1. The Labute approximate surface area is 166 Å². The van der Waals surface area contributed by atoms with Crippen molar-refractivity contribution in [3.05, 3.63) is 54.2 Å². The van der Waals surface area contributed by atoms with Crippen molar-refractivity contribution in [3.63, 3.8) is 0 Å². The van der Waals surface area contributed by atoms with Gasteiger partial charge in [0.05, 0.1) is 12.6 Å². The van der Waals surface area contributed by atoms with E-state index in [0.717, 1.165) is 52.5 Å². The van der Waals surface area contributed by atoms with Crippen molar-refractivity contribution in [2.45, 2.75) is 32.4 Å². The number of ether oxygens (including phenoxy) is 2. The van der Waals surface area contributed by atoms with Crippen LogP contribution in [0.5, 0.6) is 11.5 Å². The maximum absolute atomic E-state index is 6.13. The molecule has 1 fully saturated rings. The summed E-state index contributed by atoms with van der Waals surface area (Å²) in [6.07, 6.45) is 4.67. The van der Waals surface area contributed by atoms with E-state index in [4.69, 9.17) is 9.47 Å². The lowest BCUT2D eigenvalue weighted by Crippen LogP contribution is -2.35. The fourth-order valence-corrected chi connectivity index (χ4v) is 4.28. The molecule has 0 N–H and O–H groups in total. The van der Waals surface area contributed by atoms with Gasteiger partial charge in [-0.3, -0.25) is 9.88 Å². The van der Waals surface area contributed by atoms with Crippen molar-refractivity contribution in [1.82, 2.24) is 9.88 Å². The van der Waals surface area contributed by atoms with Gasteiger partial charge in [0.25, 0.3) is 0 Å². The number of hydrogen-bond donors (Lipinski definition) is 0. The number of hydrogen-bond acceptors (Lipinski definition) is 4. The molecule has 1 aromatic heterocycles. The first-order chi connectivity index (χ1) is 13.7. The summed E-state index contributed by atoms with van der Waals surface area (Å²) >= 11 is 0. The Morgan fingerprint density at radius 3 is 2.82 bits per heavy atom. The van der Waals surface area contributed by atoms with Gasteiger partial charge < -0.3 is 9.47 Å². The Morgan fingerprint density at radius 1 is 1.14 bits per heavy atom. The lowest BCUT2D eigenvalue weighted by molar-refractivity contribution is 0.163. The molecule has 28 heavy (non-hydrogen) atoms. The lowest BCUT2D eigenvalue weighted by Gasteiger charge is -2.27. The van der Waals surface area contributed by atoms with E-state index in [2.05, 4.69) is 47.1 Å². The highest BCUT2D eigenvalue weighted by atomic mass is 16.5. The van der Waals surface area contributed by atoms with E-state index in [1.807, 2.05) is 18.3 Å². The van der Waals surface area contributed by atoms with Crippen LogP contribution < -0.4 is 9.47 Å². The lowest BCUT2D eigenvalue weighted by atomic mass is 10.0. The molecule has 1 aliphatic carbocycles. The maximum Gasteiger partial charge on any atom is 0.165 e. The minimum absolute atomic E-state index is 0.603. The van der Waals surface area contributed by atoms with Gasteiger partial charge in [0.2, 0.25) is 0 Å². The van der Waals surface area contributed by atoms with Gasteiger partial charge in [-0.25, -0.2) is 0 Å². The van der Waals surface area contributed by atoms with Gasteiger partial charge in [-0.1, -0.05) is 18.2 Å². The number of para-hydroxylation sites is 1. The van der Waals surface area contributed by atoms with E-state index < -0.39 is 0 Å². The highest BCUT2D eigenvalue weighted by molar-refractivity contribution is 5.84. The number of benzene rings is 2. The molecule has 2 heterocycles. The standard InChI is InChI=1S/C24H26N2O2/c1-16(17-7-8-17)26-9-10-28-24-21(15-26)12-19(13-23(24)27-2)20-11-18-5-3-4-6-22(18)25-14-20/h3-6,11-14,16-17H,7-10,15H2,1-2H3. The second kappa shape index (κ2) is 7.10. The summed E-state index contributed by atoms with van der Waals surface area (Å²) in [5, 5.41) is 1.15. The summed E-state index contributed by atoms with van der Waals surface area (Å²) in [6, 6.07) is 15.4. The van der Waals surface area contributed by atoms with Crippen LogP contribution in [0.25, 0.3) is 22.0 Å². The SMILES string of the molecule is COc1cc(-c2cnc3ccccc3c2)cc2c1OCCN(C(C)C1CC1)C2. The number of aromatic nitrogens is 1. The van der Waals surface area contributed by atoms with Crippen LogP contribution in [0.1, 0.15) is 25.3 Å². The van der Waals surface area contributed by atoms with Gasteiger partial charge in [0.1, 0.15) is 6.61 Å². The second-order valence-corrected chi connectivity index (χ2v) is 7.98. The Bertz CT molecular complexity index is 1010. The quantitative estimate of drug-likeness (QED) is 0.650. The summed E-state index contributed by atoms with van der Waals surface area (Å²) in [4.78, 5) is 7.20. The molecular weight excluding hydrogens is 348 g/mol. The van der Waals surface area contributed by atoms with Gasteiger partial charge in [0.15, 0.2) is 11.5 Å². The summed E-state index contributed by atoms with van der Waals surface area (Å²) in [7, 11) is 1.72. The molecule has 1 unspecified atom stereocenters. The monoisotopic (exact) mass is 374 g/mol. The van der Waals surface area contributed by atoms with E-state index in [0.29, 0.717) is 12.6 Å². The molecule has 0 saturated heterocycles. The Morgan fingerprint density at radius 2 is 2.00 bits per heavy atom. The van der Waals surface area contributed by atoms with Crippen LogP contribution >= 0.6 is 0 Å². The Balaban J connectivity index is 1.56. The third-order valence-electron chi connectivity index (χ3n) is 6.15. The largest absolute Gasteiger partial charge is 0.493 e. The normalized spacial score (nSPS) is 18.2. The molecule has 0 radical (unpaired) electrons. The Hall–Kier alpha value is -2.59. The molecule has 2 aromatic carbocycles. The number of methoxy groups -OCH3 is 1. The zero-order valence-corrected chi connectivity index (χ0v) is 16.5. The van der Waals surface area contributed by atoms with E-state index in [9.17, 15) is 0 Å². The summed E-state index contributed by atoms with van der Waals surface area (Å²) in [6.45, 7) is 4.93. The molecule has 0 spiro atoms. The fourth-order valence-electron chi connectivity index (χ4n) is 4.28. The van der Waals surface area contributed by atoms with Gasteiger partial charge in [-0.15, -0.1) is 0 Å². The van der Waals surface area contributed by atoms with Gasteiger partial charge >= 0.3 is 0 Å². The van der Waals surface area contributed by atoms with Gasteiger partial charge in [-0.05, 0) is 55.5 Å². The summed E-state index contributed by atoms with van der Waals surface area (Å²) < 4.78 is 11.8. The fraction of sp³-hybridized carbons (Fsp3) is 0.375. The third kappa shape index (κ3) is 3.22. The molecule has 1 aliphatic heterocycles. The van der Waals surface area contributed by atoms with Gasteiger partial charge in [-0.2, -0.15) is 0 Å². The molecule has 2 aliphatic rings. The van der Waals surface area contributed by atoms with Crippen LogP contribution in [0.4, 0.5) is 0 Å². The molecular formula is C24H26N2O2. The molecule has 5 rings (SSSR count). The third-order valence-corrected chi connectivity index (χ3v) is 6.15. The number of fused-ring (bicyclic) bond motifs is 2. The average molecular weight is 374 g/mol. The molecule has 0 amide bonds. The van der Waals surface area contributed by atoms with Crippen molar-refractivity contribution >= 4 is 10.9 Å². The second-order valence-electron chi connectivity index (χ2n) is 7.98. The molecule has 3 aromatic rings. The van der Waals surface area contributed by atoms with Crippen LogP contribution in [0.2, 0.25) is 0 Å². The van der Waals surface area contributed by atoms with Crippen molar-refractivity contribution < 1.29 is 9.47 Å². The smallest absolute Gasteiger partial charge is 0.165 e. The molecule has 1 atom stereocenters. The highest BCUT2D eigenvalue weighted by Gasteiger charge is 2.33. The van der Waals surface area contributed by atoms with E-state index >= 15 is 0 Å². The van der Waals surface area contributed by atoms with Gasteiger partial charge in [0, 0.05) is 41.8 Å². The first kappa shape index (κ1) is 17.5. The van der Waals surface area contributed by atoms with Crippen LogP contribution in [0.3, 0.4) is 0 Å². The number of rotatable bonds is 4. The topological polar surface area (TPSA) is 34.6 Å². The van der Waals surface area contributed by atoms with Crippen LogP contribution in [-0.4, -0.2) is 36.2 Å². The van der Waals surface area contributed by atoms with Crippen LogP contribution in [0, 0.1) is 5.92 Å². The highest BCUT2D eigenvalue weighted by Crippen LogP contribution is 2.41. The van der Waals surface area contributed by atoms with Crippen molar-refractivity contribution in [2.24, 2.45) is 5.92 Å². The first-order valence-corrected chi connectivity index (χ1v) is 10.2. The summed E-state index contributed by atoms with van der Waals surface area (Å²) in [5.41, 5.74) is 4.44. The summed E-state index contributed by atoms with van der Waals surface area (Å²) in [5.74, 6) is 2.54. The predicted octanol–water partition coefficient (Wildman–Crippen LogP) is 4.90. The molecule has 0 bridgehead atoms. The minimum Gasteiger partial charge on any atom is -0.493 e. The molecule has 1 saturated carbocycles. The van der Waals surface area contributed by atoms with Crippen molar-refractivity contribution in [2.75, 3.05) is 20.3 Å². The first-order valence-electron chi connectivity index (χ1n) is 10.2. The van der Waals surface area contributed by atoms with Crippen LogP contribution in [-0.2, 0) is 6.54 Å². The van der Waals surface area contributed by atoms with E-state index in [1.165, 1.54) is 18.4 Å². The molecule has 4 heteroatoms. The Kier molecular flexibility index (Phi) is 4.44. The van der Waals surface area contributed by atoms with Crippen LogP contribution in [0.15, 0.2) is 48.7 Å². The molecule has 4 nitrogen and oxygen atoms in total. The molecule has 144 valence electrons. The maximum atomic E-state index is 6.13.